The van der Waals surface area contributed by atoms with Gasteiger partial charge in [-0.2, -0.15) is 19.6 Å². The molecule has 3 aromatic rings. The normalized spacial score (nSPS) is 14.0. The number of anilines is 2. The summed E-state index contributed by atoms with van der Waals surface area (Å²) >= 11 is 0. The van der Waals surface area contributed by atoms with Crippen LogP contribution in [0.3, 0.4) is 0 Å². The molecule has 0 spiro atoms. The quantitative estimate of drug-likeness (QED) is 0.244. The van der Waals surface area contributed by atoms with Gasteiger partial charge in [-0.15, -0.1) is 0 Å². The number of nitrogens with one attached hydrogen (secondary N) is 2. The number of ether oxygens (including phenoxy) is 1. The molecule has 0 saturated carbocycles. The Bertz CT molecular complexity index is 1400. The van der Waals surface area contributed by atoms with Gasteiger partial charge in [-0.3, -0.25) is 9.59 Å². The molecule has 0 aliphatic carbocycles. The Morgan fingerprint density at radius 3 is 2.59 bits per heavy atom. The second kappa shape index (κ2) is 15.9. The fraction of sp³-hybridized carbons (Fsp3) is 0.606. The molecule has 0 unspecified atom stereocenters. The molecular formula is C33H50N8O3. The summed E-state index contributed by atoms with van der Waals surface area (Å²) in [5.41, 5.74) is 4.99. The molecule has 11 nitrogen and oxygen atoms in total. The van der Waals surface area contributed by atoms with E-state index in [9.17, 15) is 9.59 Å². The number of hydrogen-bond acceptors (Lipinski definition) is 9. The number of hydrogen-bond donors (Lipinski definition) is 2. The summed E-state index contributed by atoms with van der Waals surface area (Å²) in [5.74, 6) is 1.73. The van der Waals surface area contributed by atoms with Gasteiger partial charge in [-0.05, 0) is 76.4 Å². The number of benzene rings is 1. The average Bonchev–Trinajstić information content (AvgIpc) is 3.42. The first-order chi connectivity index (χ1) is 21.1. The monoisotopic (exact) mass is 606 g/mol. The number of aromatic nitrogens is 4. The van der Waals surface area contributed by atoms with E-state index in [0.717, 1.165) is 66.9 Å². The van der Waals surface area contributed by atoms with E-state index in [4.69, 9.17) is 14.7 Å². The van der Waals surface area contributed by atoms with E-state index in [1.807, 2.05) is 34.1 Å². The molecule has 44 heavy (non-hydrogen) atoms. The van der Waals surface area contributed by atoms with E-state index in [2.05, 4.69) is 52.7 Å². The number of amides is 1. The van der Waals surface area contributed by atoms with Gasteiger partial charge >= 0.3 is 0 Å². The van der Waals surface area contributed by atoms with Crippen molar-refractivity contribution in [3.63, 3.8) is 0 Å². The molecule has 1 saturated heterocycles. The lowest BCUT2D eigenvalue weighted by molar-refractivity contribution is -0.131. The SMILES string of the molecule is CCN(CCC(=O)Cc1cc(CNc2nc(NC3CCOCC3)nc3c(C(C)C)cnn23)ccc1C)C(=O)CCCN(C)C. The molecule has 240 valence electrons. The number of nitrogens with zero attached hydrogens (tertiary/aromatic N) is 6. The van der Waals surface area contributed by atoms with E-state index in [-0.39, 0.29) is 23.7 Å². The molecule has 1 aliphatic heterocycles. The predicted octanol–water partition coefficient (Wildman–Crippen LogP) is 4.45. The lowest BCUT2D eigenvalue weighted by Gasteiger charge is -2.23. The van der Waals surface area contributed by atoms with Gasteiger partial charge in [-0.25, -0.2) is 0 Å². The number of aryl methyl sites for hydroxylation is 1. The summed E-state index contributed by atoms with van der Waals surface area (Å²) in [7, 11) is 4.01. The fourth-order valence-corrected chi connectivity index (χ4v) is 5.44. The van der Waals surface area contributed by atoms with Crippen LogP contribution >= 0.6 is 0 Å². The smallest absolute Gasteiger partial charge is 0.229 e. The Labute approximate surface area is 261 Å². The van der Waals surface area contributed by atoms with Crippen molar-refractivity contribution in [1.29, 1.82) is 0 Å². The number of carbonyl (C=O) groups is 2. The standard InChI is InChI=1S/C33H50N8O3/c1-7-40(30(43)9-8-15-39(5)6)16-12-28(42)20-26-19-25(11-10-24(26)4)21-34-33-38-32(36-27-13-17-44-18-14-27)37-31-29(23(2)3)22-35-41(31)33/h10-11,19,22-23,27H,7-9,12-18,20-21H2,1-6H3,(H2,34,36,37,38). The van der Waals surface area contributed by atoms with Gasteiger partial charge in [0.15, 0.2) is 5.65 Å². The highest BCUT2D eigenvalue weighted by Crippen LogP contribution is 2.24. The van der Waals surface area contributed by atoms with Crippen LogP contribution in [0, 0.1) is 6.92 Å². The van der Waals surface area contributed by atoms with Gasteiger partial charge in [0.25, 0.3) is 0 Å². The molecule has 1 fully saturated rings. The van der Waals surface area contributed by atoms with Crippen molar-refractivity contribution >= 4 is 29.2 Å². The van der Waals surface area contributed by atoms with E-state index in [1.165, 1.54) is 0 Å². The summed E-state index contributed by atoms with van der Waals surface area (Å²) in [6, 6.07) is 6.49. The maximum atomic E-state index is 13.0. The van der Waals surface area contributed by atoms with E-state index < -0.39 is 0 Å². The molecular weight excluding hydrogens is 556 g/mol. The lowest BCUT2D eigenvalue weighted by Crippen LogP contribution is -2.33. The van der Waals surface area contributed by atoms with Gasteiger partial charge in [0.2, 0.25) is 17.8 Å². The topological polar surface area (TPSA) is 117 Å². The Balaban J connectivity index is 1.41. The molecule has 3 heterocycles. The third kappa shape index (κ3) is 9.22. The zero-order valence-corrected chi connectivity index (χ0v) is 27.4. The van der Waals surface area contributed by atoms with Crippen molar-refractivity contribution in [3.05, 3.63) is 46.6 Å². The highest BCUT2D eigenvalue weighted by molar-refractivity contribution is 5.82. The number of Topliss-reactive ketones (excluding diaryl/α,β-unsaturated/α-hetero) is 1. The summed E-state index contributed by atoms with van der Waals surface area (Å²) < 4.78 is 7.28. The van der Waals surface area contributed by atoms with Crippen molar-refractivity contribution in [2.75, 3.05) is 57.6 Å². The Morgan fingerprint density at radius 1 is 1.11 bits per heavy atom. The summed E-state index contributed by atoms with van der Waals surface area (Å²) in [5, 5.41) is 11.6. The first-order valence-corrected chi connectivity index (χ1v) is 16.0. The van der Waals surface area contributed by atoms with Crippen LogP contribution in [-0.4, -0.2) is 94.1 Å². The Kier molecular flexibility index (Phi) is 12.1. The van der Waals surface area contributed by atoms with Gasteiger partial charge in [-0.1, -0.05) is 32.0 Å². The molecule has 0 bridgehead atoms. The first-order valence-electron chi connectivity index (χ1n) is 16.0. The van der Waals surface area contributed by atoms with Gasteiger partial charge < -0.3 is 25.2 Å². The largest absolute Gasteiger partial charge is 0.381 e. The Hall–Kier alpha value is -3.57. The zero-order valence-electron chi connectivity index (χ0n) is 27.4. The van der Waals surface area contributed by atoms with E-state index in [1.54, 1.807) is 9.42 Å². The Morgan fingerprint density at radius 2 is 1.89 bits per heavy atom. The van der Waals surface area contributed by atoms with Crippen LogP contribution < -0.4 is 10.6 Å². The molecule has 2 aromatic heterocycles. The van der Waals surface area contributed by atoms with Crippen molar-refractivity contribution < 1.29 is 14.3 Å². The van der Waals surface area contributed by atoms with Crippen LogP contribution in [0.5, 0.6) is 0 Å². The minimum atomic E-state index is 0.119. The minimum Gasteiger partial charge on any atom is -0.381 e. The molecule has 1 amide bonds. The van der Waals surface area contributed by atoms with Gasteiger partial charge in [0.05, 0.1) is 6.20 Å². The maximum absolute atomic E-state index is 13.0. The molecule has 1 aromatic carbocycles. The van der Waals surface area contributed by atoms with Crippen LogP contribution in [0.25, 0.3) is 5.65 Å². The van der Waals surface area contributed by atoms with Gasteiger partial charge in [0, 0.05) is 63.7 Å². The van der Waals surface area contributed by atoms with Crippen molar-refractivity contribution in [1.82, 2.24) is 29.4 Å². The highest BCUT2D eigenvalue weighted by Gasteiger charge is 2.19. The van der Waals surface area contributed by atoms with E-state index in [0.29, 0.717) is 50.8 Å². The summed E-state index contributed by atoms with van der Waals surface area (Å²) in [6.45, 7) is 12.2. The molecule has 0 atom stereocenters. The molecule has 11 heteroatoms. The molecule has 0 radical (unpaired) electrons. The zero-order chi connectivity index (χ0) is 31.6. The number of fused-ring (bicyclic) bond motifs is 1. The van der Waals surface area contributed by atoms with Gasteiger partial charge in [0.1, 0.15) is 5.78 Å². The van der Waals surface area contributed by atoms with E-state index >= 15 is 0 Å². The first kappa shape index (κ1) is 33.3. The van der Waals surface area contributed by atoms with Crippen LogP contribution in [0.2, 0.25) is 0 Å². The second-order valence-corrected chi connectivity index (χ2v) is 12.4. The van der Waals surface area contributed by atoms with Crippen molar-refractivity contribution in [2.45, 2.75) is 84.7 Å². The number of ketones is 1. The van der Waals surface area contributed by atoms with Crippen molar-refractivity contribution in [2.24, 2.45) is 0 Å². The van der Waals surface area contributed by atoms with Crippen LogP contribution in [0.15, 0.2) is 24.4 Å². The average molecular weight is 607 g/mol. The van der Waals surface area contributed by atoms with Crippen LogP contribution in [-0.2, 0) is 27.3 Å². The molecule has 2 N–H and O–H groups in total. The number of carbonyl (C=O) groups excluding carboxylic acids is 2. The second-order valence-electron chi connectivity index (χ2n) is 12.4. The number of rotatable bonds is 16. The lowest BCUT2D eigenvalue weighted by atomic mass is 9.99. The highest BCUT2D eigenvalue weighted by atomic mass is 16.5. The third-order valence-electron chi connectivity index (χ3n) is 8.21. The fourth-order valence-electron chi connectivity index (χ4n) is 5.44. The summed E-state index contributed by atoms with van der Waals surface area (Å²) in [4.78, 5) is 39.1. The summed E-state index contributed by atoms with van der Waals surface area (Å²) in [6.07, 6.45) is 5.74. The minimum absolute atomic E-state index is 0.119. The third-order valence-corrected chi connectivity index (χ3v) is 8.21. The van der Waals surface area contributed by atoms with Crippen molar-refractivity contribution in [3.8, 4) is 0 Å². The molecule has 1 aliphatic rings. The van der Waals surface area contributed by atoms with Crippen LogP contribution in [0.1, 0.15) is 81.0 Å². The maximum Gasteiger partial charge on any atom is 0.229 e. The molecule has 4 rings (SSSR count). The predicted molar refractivity (Wildman–Crippen MR) is 174 cm³/mol. The van der Waals surface area contributed by atoms with Crippen LogP contribution in [0.4, 0.5) is 11.9 Å².